The number of hydrogen-bond donors (Lipinski definition) is 2. The molecule has 3 heterocycles. The van der Waals surface area contributed by atoms with Gasteiger partial charge in [-0.25, -0.2) is 0 Å². The van der Waals surface area contributed by atoms with Crippen molar-refractivity contribution in [1.82, 2.24) is 14.4 Å². The van der Waals surface area contributed by atoms with Gasteiger partial charge in [-0.1, -0.05) is 48.3 Å². The van der Waals surface area contributed by atoms with Gasteiger partial charge in [-0.2, -0.15) is 0 Å². The van der Waals surface area contributed by atoms with Gasteiger partial charge in [-0.3, -0.25) is 19.3 Å². The molecule has 1 aliphatic carbocycles. The lowest BCUT2D eigenvalue weighted by molar-refractivity contribution is -0.144. The smallest absolute Gasteiger partial charge is 0.306 e. The predicted molar refractivity (Wildman–Crippen MR) is 190 cm³/mol. The first-order chi connectivity index (χ1) is 23.5. The highest BCUT2D eigenvalue weighted by Gasteiger charge is 2.42. The molecule has 1 aromatic heterocycles. The molecular weight excluding hydrogens is 667 g/mol. The number of aliphatic carboxylic acids is 1. The number of halogens is 2. The summed E-state index contributed by atoms with van der Waals surface area (Å²) < 4.78 is 14.3. The Morgan fingerprint density at radius 3 is 2.49 bits per heavy atom. The number of anilines is 1. The summed E-state index contributed by atoms with van der Waals surface area (Å²) in [6, 6.07) is 11.0. The van der Waals surface area contributed by atoms with Crippen LogP contribution in [0.15, 0.2) is 42.6 Å². The second-order valence-corrected chi connectivity index (χ2v) is 14.7. The van der Waals surface area contributed by atoms with Crippen molar-refractivity contribution in [2.45, 2.75) is 76.7 Å². The molecule has 2 amide bonds. The molecule has 2 aromatic carbocycles. The summed E-state index contributed by atoms with van der Waals surface area (Å²) in [5.41, 5.74) is 2.42. The first-order valence-corrected chi connectivity index (χ1v) is 18.1. The Morgan fingerprint density at radius 1 is 1.00 bits per heavy atom. The highest BCUT2D eigenvalue weighted by atomic mass is 35.5. The zero-order valence-electron chi connectivity index (χ0n) is 28.4. The molecule has 264 valence electrons. The minimum Gasteiger partial charge on any atom is -0.481 e. The standard InChI is InChI=1S/C37H46Cl2N4O6/c1-4-48-34-20-42(17-22(34)2)25-15-26(21-49-27-11-9-23(10-12-27)37(46)47)43(18-25)35(44)14-24-13-31(39)32(16-30(24)38)40-36(45)29-19-41(3)33-8-6-5-7-28(29)33/h5-8,13,16,19,22-23,25-27,34H,4,9-12,14-15,17-18,20-21H2,1-3H3,(H,40,45)(H,46,47)/t22-,23?,25+,26+,27?,34+/m1/s1. The van der Waals surface area contributed by atoms with Crippen molar-refractivity contribution in [1.29, 1.82) is 0 Å². The average molecular weight is 714 g/mol. The number of hydrogen-bond acceptors (Lipinski definition) is 6. The molecule has 49 heavy (non-hydrogen) atoms. The summed E-state index contributed by atoms with van der Waals surface area (Å²) in [7, 11) is 1.89. The van der Waals surface area contributed by atoms with Gasteiger partial charge in [0.25, 0.3) is 5.91 Å². The highest BCUT2D eigenvalue weighted by Crippen LogP contribution is 2.34. The number of carbonyl (C=O) groups is 3. The van der Waals surface area contributed by atoms with Crippen LogP contribution in [0.3, 0.4) is 0 Å². The van der Waals surface area contributed by atoms with Gasteiger partial charge < -0.3 is 29.4 Å². The lowest BCUT2D eigenvalue weighted by Crippen LogP contribution is -2.41. The number of nitrogens with zero attached hydrogens (tertiary/aromatic N) is 3. The van der Waals surface area contributed by atoms with Crippen molar-refractivity contribution in [2.24, 2.45) is 18.9 Å². The van der Waals surface area contributed by atoms with Crippen LogP contribution >= 0.6 is 23.2 Å². The van der Waals surface area contributed by atoms with E-state index in [1.54, 1.807) is 18.3 Å². The third-order valence-electron chi connectivity index (χ3n) is 10.6. The van der Waals surface area contributed by atoms with Gasteiger partial charge in [0.1, 0.15) is 0 Å². The molecule has 6 rings (SSSR count). The molecule has 0 bridgehead atoms. The quantitative estimate of drug-likeness (QED) is 0.241. The number of carbonyl (C=O) groups excluding carboxylic acids is 2. The first kappa shape index (κ1) is 35.7. The molecule has 12 heteroatoms. The molecule has 2 saturated heterocycles. The SMILES string of the molecule is CCO[C@H]1CN([C@H]2C[C@@H](COC3CCC(C(=O)O)CC3)N(C(=O)Cc3cc(Cl)c(NC(=O)c4cn(C)c5ccccc45)cc3Cl)C2)C[C@H]1C. The van der Waals surface area contributed by atoms with Crippen molar-refractivity contribution in [3.8, 4) is 0 Å². The number of carboxylic acid groups (broad SMARTS) is 1. The largest absolute Gasteiger partial charge is 0.481 e. The van der Waals surface area contributed by atoms with Gasteiger partial charge in [-0.15, -0.1) is 0 Å². The summed E-state index contributed by atoms with van der Waals surface area (Å²) in [6.45, 7) is 7.63. The molecule has 1 saturated carbocycles. The van der Waals surface area contributed by atoms with Crippen LogP contribution in [0, 0.1) is 11.8 Å². The number of para-hydroxylation sites is 1. The number of aromatic nitrogens is 1. The molecular formula is C37H46Cl2N4O6. The van der Waals surface area contributed by atoms with E-state index >= 15 is 0 Å². The molecule has 0 unspecified atom stereocenters. The zero-order chi connectivity index (χ0) is 34.8. The third kappa shape index (κ3) is 7.94. The maximum atomic E-state index is 14.0. The fraction of sp³-hybridized carbons (Fsp3) is 0.541. The normalized spacial score (nSPS) is 26.0. The van der Waals surface area contributed by atoms with Crippen molar-refractivity contribution < 1.29 is 29.0 Å². The number of amides is 2. The summed E-state index contributed by atoms with van der Waals surface area (Å²) >= 11 is 13.4. The third-order valence-corrected chi connectivity index (χ3v) is 11.3. The maximum Gasteiger partial charge on any atom is 0.306 e. The molecule has 3 aromatic rings. The maximum absolute atomic E-state index is 14.0. The number of aryl methyl sites for hydroxylation is 1. The van der Waals surface area contributed by atoms with Crippen LogP contribution in [0.2, 0.25) is 10.0 Å². The first-order valence-electron chi connectivity index (χ1n) is 17.3. The molecule has 4 atom stereocenters. The van der Waals surface area contributed by atoms with E-state index in [1.807, 2.05) is 47.7 Å². The van der Waals surface area contributed by atoms with Crippen LogP contribution in [0.4, 0.5) is 5.69 Å². The zero-order valence-corrected chi connectivity index (χ0v) is 29.9. The van der Waals surface area contributed by atoms with Crippen molar-refractivity contribution in [3.63, 3.8) is 0 Å². The van der Waals surface area contributed by atoms with E-state index in [-0.39, 0.29) is 48.4 Å². The van der Waals surface area contributed by atoms with E-state index in [2.05, 4.69) is 17.1 Å². The van der Waals surface area contributed by atoms with Crippen LogP contribution in [0.5, 0.6) is 0 Å². The van der Waals surface area contributed by atoms with Gasteiger partial charge in [0.15, 0.2) is 0 Å². The van der Waals surface area contributed by atoms with Gasteiger partial charge in [0, 0.05) is 61.5 Å². The van der Waals surface area contributed by atoms with Crippen LogP contribution in [0.1, 0.15) is 61.9 Å². The number of fused-ring (bicyclic) bond motifs is 1. The lowest BCUT2D eigenvalue weighted by Gasteiger charge is -2.30. The number of nitrogens with one attached hydrogen (secondary N) is 1. The fourth-order valence-corrected chi connectivity index (χ4v) is 8.31. The Labute approximate surface area is 297 Å². The van der Waals surface area contributed by atoms with E-state index < -0.39 is 5.97 Å². The summed E-state index contributed by atoms with van der Waals surface area (Å²) in [5.74, 6) is -1.00. The molecule has 2 aliphatic heterocycles. The molecule has 0 radical (unpaired) electrons. The Morgan fingerprint density at radius 2 is 1.76 bits per heavy atom. The second kappa shape index (κ2) is 15.4. The number of likely N-dealkylation sites (tertiary alicyclic amines) is 2. The Bertz CT molecular complexity index is 1690. The van der Waals surface area contributed by atoms with Crippen LogP contribution < -0.4 is 5.32 Å². The Hall–Kier alpha value is -3.15. The number of benzene rings is 2. The van der Waals surface area contributed by atoms with E-state index in [0.717, 1.165) is 30.4 Å². The van der Waals surface area contributed by atoms with E-state index in [4.69, 9.17) is 32.7 Å². The number of carboxylic acids is 1. The topological polar surface area (TPSA) is 113 Å². The van der Waals surface area contributed by atoms with Gasteiger partial charge in [0.05, 0.1) is 53.5 Å². The molecule has 10 nitrogen and oxygen atoms in total. The van der Waals surface area contributed by atoms with Crippen LogP contribution in [-0.4, -0.2) is 94.4 Å². The van der Waals surface area contributed by atoms with Crippen molar-refractivity contribution >= 4 is 57.6 Å². The van der Waals surface area contributed by atoms with Crippen molar-refractivity contribution in [2.75, 3.05) is 38.2 Å². The minimum atomic E-state index is -0.738. The van der Waals surface area contributed by atoms with Gasteiger partial charge in [0.2, 0.25) is 5.91 Å². The average Bonchev–Trinajstić information content (AvgIpc) is 3.78. The fourth-order valence-electron chi connectivity index (χ4n) is 7.84. The van der Waals surface area contributed by atoms with Crippen LogP contribution in [0.25, 0.3) is 10.9 Å². The van der Waals surface area contributed by atoms with E-state index in [0.29, 0.717) is 78.2 Å². The number of ether oxygens (including phenoxy) is 2. The summed E-state index contributed by atoms with van der Waals surface area (Å²) in [4.78, 5) is 43.1. The molecule has 3 aliphatic rings. The van der Waals surface area contributed by atoms with E-state index in [9.17, 15) is 19.5 Å². The van der Waals surface area contributed by atoms with Crippen molar-refractivity contribution in [3.05, 3.63) is 63.8 Å². The van der Waals surface area contributed by atoms with E-state index in [1.165, 1.54) is 0 Å². The van der Waals surface area contributed by atoms with Gasteiger partial charge in [-0.05, 0) is 68.7 Å². The lowest BCUT2D eigenvalue weighted by atomic mass is 9.87. The Kier molecular flexibility index (Phi) is 11.2. The minimum absolute atomic E-state index is 0.00868. The summed E-state index contributed by atoms with van der Waals surface area (Å²) in [6.07, 6.45) is 5.43. The van der Waals surface area contributed by atoms with Gasteiger partial charge >= 0.3 is 5.97 Å². The highest BCUT2D eigenvalue weighted by molar-refractivity contribution is 6.36. The monoisotopic (exact) mass is 712 g/mol. The predicted octanol–water partition coefficient (Wildman–Crippen LogP) is 6.27. The number of rotatable bonds is 11. The molecule has 0 spiro atoms. The Balaban J connectivity index is 1.14. The summed E-state index contributed by atoms with van der Waals surface area (Å²) in [5, 5.41) is 13.8. The molecule has 3 fully saturated rings. The second-order valence-electron chi connectivity index (χ2n) is 13.9. The van der Waals surface area contributed by atoms with Crippen LogP contribution in [-0.2, 0) is 32.5 Å². The molecule has 2 N–H and O–H groups in total.